The molecule has 210 valence electrons. The molecule has 0 spiro atoms. The quantitative estimate of drug-likeness (QED) is 0.0584. The largest absolute Gasteiger partial charge is 0.480 e. The van der Waals surface area contributed by atoms with Gasteiger partial charge in [0.05, 0.1) is 12.7 Å². The number of aliphatic carboxylic acids is 1. The molecule has 0 aromatic rings. The highest BCUT2D eigenvalue weighted by molar-refractivity contribution is 5.95. The maximum absolute atomic E-state index is 12.9. The Morgan fingerprint density at radius 1 is 1.05 bits per heavy atom. The van der Waals surface area contributed by atoms with E-state index in [1.54, 1.807) is 0 Å². The number of rotatable bonds is 14. The molecule has 1 rings (SSSR count). The van der Waals surface area contributed by atoms with Gasteiger partial charge in [0.1, 0.15) is 30.2 Å². The van der Waals surface area contributed by atoms with Crippen LogP contribution in [0, 0.1) is 0 Å². The third-order valence-electron chi connectivity index (χ3n) is 5.77. The van der Waals surface area contributed by atoms with Gasteiger partial charge < -0.3 is 53.4 Å². The molecule has 12 N–H and O–H groups in total. The first kappa shape index (κ1) is 31.5. The van der Waals surface area contributed by atoms with Crippen molar-refractivity contribution in [3.8, 4) is 0 Å². The van der Waals surface area contributed by atoms with Gasteiger partial charge in [-0.2, -0.15) is 0 Å². The molecule has 0 aromatic carbocycles. The molecule has 16 heteroatoms. The maximum atomic E-state index is 12.9. The van der Waals surface area contributed by atoms with E-state index < -0.39 is 72.5 Å². The molecule has 0 saturated carbocycles. The van der Waals surface area contributed by atoms with Gasteiger partial charge in [-0.1, -0.05) is 0 Å². The Kier molecular flexibility index (Phi) is 12.7. The van der Waals surface area contributed by atoms with Crippen molar-refractivity contribution in [2.24, 2.45) is 22.2 Å². The van der Waals surface area contributed by atoms with E-state index in [1.807, 2.05) is 0 Å². The van der Waals surface area contributed by atoms with Crippen LogP contribution >= 0.6 is 0 Å². The Balaban J connectivity index is 2.77. The Morgan fingerprint density at radius 2 is 1.70 bits per heavy atom. The Morgan fingerprint density at radius 3 is 2.24 bits per heavy atom. The van der Waals surface area contributed by atoms with Gasteiger partial charge in [-0.05, 0) is 39.5 Å². The second-order valence-electron chi connectivity index (χ2n) is 8.78. The van der Waals surface area contributed by atoms with Crippen LogP contribution in [0.1, 0.15) is 39.5 Å². The number of carboxylic acids is 1. The molecule has 0 aliphatic carbocycles. The Bertz CT molecular complexity index is 863. The molecule has 0 unspecified atom stereocenters. The molecule has 4 amide bonds. The molecule has 0 bridgehead atoms. The van der Waals surface area contributed by atoms with Gasteiger partial charge in [-0.3, -0.25) is 24.2 Å². The van der Waals surface area contributed by atoms with Crippen molar-refractivity contribution in [2.45, 2.75) is 75.8 Å². The zero-order valence-corrected chi connectivity index (χ0v) is 20.9. The zero-order valence-electron chi connectivity index (χ0n) is 20.9. The standard InChI is InChI=1S/C21H38N8O8/c1-10(26-18(34)15(22)11(2)31)19(35)29-8-4-6-14(29)17(33)28-13(9-30)16(32)27-12(20(36)37)5-3-7-25-21(23)24/h10-15,30-31H,3-9,22H2,1-2H3,(H,26,34)(H,27,32)(H,28,33)(H,36,37)(H4,23,24,25)/t10-,11+,12-,13-,14-,15-/m0/s1. The minimum Gasteiger partial charge on any atom is -0.480 e. The number of amides is 4. The highest BCUT2D eigenvalue weighted by Crippen LogP contribution is 2.19. The van der Waals surface area contributed by atoms with Crippen LogP contribution in [0.5, 0.6) is 0 Å². The highest BCUT2D eigenvalue weighted by Gasteiger charge is 2.38. The van der Waals surface area contributed by atoms with Crippen LogP contribution in [0.2, 0.25) is 0 Å². The first-order chi connectivity index (χ1) is 17.3. The van der Waals surface area contributed by atoms with E-state index in [1.165, 1.54) is 18.7 Å². The van der Waals surface area contributed by atoms with Gasteiger partial charge in [-0.15, -0.1) is 0 Å². The van der Waals surface area contributed by atoms with Crippen molar-refractivity contribution in [1.82, 2.24) is 20.9 Å². The van der Waals surface area contributed by atoms with Crippen LogP contribution in [-0.2, 0) is 24.0 Å². The molecule has 37 heavy (non-hydrogen) atoms. The summed E-state index contributed by atoms with van der Waals surface area (Å²) in [7, 11) is 0. The van der Waals surface area contributed by atoms with E-state index in [0.717, 1.165) is 0 Å². The maximum Gasteiger partial charge on any atom is 0.326 e. The third-order valence-corrected chi connectivity index (χ3v) is 5.77. The average molecular weight is 531 g/mol. The van der Waals surface area contributed by atoms with Gasteiger partial charge in [0.15, 0.2) is 5.96 Å². The van der Waals surface area contributed by atoms with Crippen molar-refractivity contribution in [3.63, 3.8) is 0 Å². The number of hydrogen-bond acceptors (Lipinski definition) is 9. The lowest BCUT2D eigenvalue weighted by atomic mass is 10.1. The Labute approximate surface area is 214 Å². The third kappa shape index (κ3) is 9.82. The van der Waals surface area contributed by atoms with Gasteiger partial charge >= 0.3 is 5.97 Å². The van der Waals surface area contributed by atoms with Crippen molar-refractivity contribution in [2.75, 3.05) is 19.7 Å². The summed E-state index contributed by atoms with van der Waals surface area (Å²) < 4.78 is 0. The molecule has 0 aromatic heterocycles. The van der Waals surface area contributed by atoms with Gasteiger partial charge in [0, 0.05) is 13.1 Å². The van der Waals surface area contributed by atoms with Crippen molar-refractivity contribution >= 4 is 35.6 Å². The van der Waals surface area contributed by atoms with Gasteiger partial charge in [0.2, 0.25) is 23.6 Å². The van der Waals surface area contributed by atoms with E-state index >= 15 is 0 Å². The van der Waals surface area contributed by atoms with Crippen LogP contribution in [-0.4, -0.2) is 112 Å². The monoisotopic (exact) mass is 530 g/mol. The fraction of sp³-hybridized carbons (Fsp3) is 0.714. The zero-order chi connectivity index (χ0) is 28.3. The summed E-state index contributed by atoms with van der Waals surface area (Å²) in [5.41, 5.74) is 16.0. The molecule has 1 heterocycles. The number of carbonyl (C=O) groups excluding carboxylic acids is 4. The predicted octanol–water partition coefficient (Wildman–Crippen LogP) is -4.71. The van der Waals surface area contributed by atoms with Gasteiger partial charge in [0.25, 0.3) is 0 Å². The summed E-state index contributed by atoms with van der Waals surface area (Å²) in [6.07, 6.45) is -0.135. The SMILES string of the molecule is C[C@H](NC(=O)[C@@H](N)[C@@H](C)O)C(=O)N1CCC[C@H]1C(=O)N[C@@H](CO)C(=O)N[C@@H](CCCN=C(N)N)C(=O)O. The summed E-state index contributed by atoms with van der Waals surface area (Å²) in [5.74, 6) is -4.43. The van der Waals surface area contributed by atoms with E-state index in [-0.39, 0.29) is 38.3 Å². The van der Waals surface area contributed by atoms with E-state index in [0.29, 0.717) is 6.42 Å². The topological polar surface area (TPSA) is 276 Å². The van der Waals surface area contributed by atoms with Crippen LogP contribution in [0.15, 0.2) is 4.99 Å². The number of nitrogens with two attached hydrogens (primary N) is 3. The molecular weight excluding hydrogens is 492 g/mol. The molecular formula is C21H38N8O8. The summed E-state index contributed by atoms with van der Waals surface area (Å²) in [5, 5.41) is 35.5. The first-order valence-corrected chi connectivity index (χ1v) is 11.8. The second-order valence-corrected chi connectivity index (χ2v) is 8.78. The summed E-state index contributed by atoms with van der Waals surface area (Å²) in [6, 6.07) is -6.04. The lowest BCUT2D eigenvalue weighted by Gasteiger charge is -2.29. The van der Waals surface area contributed by atoms with Crippen LogP contribution in [0.4, 0.5) is 0 Å². The highest BCUT2D eigenvalue weighted by atomic mass is 16.4. The number of carboxylic acid groups (broad SMARTS) is 1. The molecule has 16 nitrogen and oxygen atoms in total. The molecule has 0 radical (unpaired) electrons. The number of likely N-dealkylation sites (tertiary alicyclic amines) is 1. The van der Waals surface area contributed by atoms with Crippen molar-refractivity contribution < 1.29 is 39.3 Å². The number of aliphatic hydroxyl groups excluding tert-OH is 2. The number of guanidine groups is 1. The van der Waals surface area contributed by atoms with E-state index in [9.17, 15) is 39.3 Å². The van der Waals surface area contributed by atoms with Crippen LogP contribution < -0.4 is 33.2 Å². The van der Waals surface area contributed by atoms with Crippen LogP contribution in [0.3, 0.4) is 0 Å². The normalized spacial score (nSPS) is 19.1. The van der Waals surface area contributed by atoms with Crippen LogP contribution in [0.25, 0.3) is 0 Å². The number of aliphatic hydroxyl groups is 2. The molecule has 6 atom stereocenters. The second kappa shape index (κ2) is 14.9. The lowest BCUT2D eigenvalue weighted by molar-refractivity contribution is -0.144. The number of nitrogens with one attached hydrogen (secondary N) is 3. The number of nitrogens with zero attached hydrogens (tertiary/aromatic N) is 2. The van der Waals surface area contributed by atoms with Crippen molar-refractivity contribution in [3.05, 3.63) is 0 Å². The summed E-state index contributed by atoms with van der Waals surface area (Å²) in [6.45, 7) is 2.29. The lowest BCUT2D eigenvalue weighted by Crippen LogP contribution is -2.58. The smallest absolute Gasteiger partial charge is 0.326 e. The fourth-order valence-corrected chi connectivity index (χ4v) is 3.64. The summed E-state index contributed by atoms with van der Waals surface area (Å²) in [4.78, 5) is 66.9. The number of aliphatic imine (C=N–C) groups is 1. The molecule has 1 saturated heterocycles. The minimum absolute atomic E-state index is 0.00280. The molecule has 1 fully saturated rings. The average Bonchev–Trinajstić information content (AvgIpc) is 3.32. The Hall–Kier alpha value is -3.50. The van der Waals surface area contributed by atoms with Crippen molar-refractivity contribution in [1.29, 1.82) is 0 Å². The van der Waals surface area contributed by atoms with Gasteiger partial charge in [-0.25, -0.2) is 4.79 Å². The number of carbonyl (C=O) groups is 5. The minimum atomic E-state index is -1.47. The summed E-state index contributed by atoms with van der Waals surface area (Å²) >= 11 is 0. The molecule has 1 aliphatic heterocycles. The first-order valence-electron chi connectivity index (χ1n) is 11.8. The molecule has 1 aliphatic rings. The predicted molar refractivity (Wildman–Crippen MR) is 130 cm³/mol. The van der Waals surface area contributed by atoms with E-state index in [2.05, 4.69) is 20.9 Å². The fourth-order valence-electron chi connectivity index (χ4n) is 3.64. The van der Waals surface area contributed by atoms with E-state index in [4.69, 9.17) is 17.2 Å². The number of hydrogen-bond donors (Lipinski definition) is 9.